The summed E-state index contributed by atoms with van der Waals surface area (Å²) in [6.45, 7) is 13.5. The van der Waals surface area contributed by atoms with E-state index in [0.717, 1.165) is 6.42 Å². The first-order chi connectivity index (χ1) is 9.82. The lowest BCUT2D eigenvalue weighted by Gasteiger charge is -2.35. The van der Waals surface area contributed by atoms with Gasteiger partial charge in [0.1, 0.15) is 0 Å². The Hall–Kier alpha value is -1.76. The molecule has 110 valence electrons. The smallest absolute Gasteiger partial charge is 0.0479 e. The van der Waals surface area contributed by atoms with Gasteiger partial charge in [-0.05, 0) is 92.1 Å². The Bertz CT molecular complexity index is 753. The van der Waals surface area contributed by atoms with Crippen LogP contribution in [0.5, 0.6) is 0 Å². The summed E-state index contributed by atoms with van der Waals surface area (Å²) in [5.74, 6) is 0. The van der Waals surface area contributed by atoms with E-state index < -0.39 is 0 Å². The number of anilines is 2. The summed E-state index contributed by atoms with van der Waals surface area (Å²) in [5, 5.41) is 0. The van der Waals surface area contributed by atoms with E-state index >= 15 is 0 Å². The zero-order valence-corrected chi connectivity index (χ0v) is 14.3. The highest BCUT2D eigenvalue weighted by atomic mass is 15.1. The van der Waals surface area contributed by atoms with Crippen molar-refractivity contribution in [2.75, 3.05) is 11.9 Å². The van der Waals surface area contributed by atoms with Crippen LogP contribution in [0, 0.1) is 41.5 Å². The Morgan fingerprint density at radius 2 is 1.33 bits per heavy atom. The van der Waals surface area contributed by atoms with Gasteiger partial charge in [-0.25, -0.2) is 0 Å². The van der Waals surface area contributed by atoms with Crippen LogP contribution in [0.25, 0.3) is 0 Å². The van der Waals surface area contributed by atoms with Crippen molar-refractivity contribution in [1.82, 2.24) is 0 Å². The highest BCUT2D eigenvalue weighted by Crippen LogP contribution is 2.43. The number of aryl methyl sites for hydroxylation is 2. The third-order valence-electron chi connectivity index (χ3n) is 5.54. The molecule has 0 unspecified atom stereocenters. The molecule has 1 nitrogen and oxygen atoms in total. The van der Waals surface area contributed by atoms with Crippen molar-refractivity contribution in [3.8, 4) is 0 Å². The summed E-state index contributed by atoms with van der Waals surface area (Å²) >= 11 is 0. The van der Waals surface area contributed by atoms with Crippen molar-refractivity contribution < 1.29 is 0 Å². The van der Waals surface area contributed by atoms with E-state index in [2.05, 4.69) is 65.6 Å². The molecule has 0 radical (unpaired) electrons. The van der Waals surface area contributed by atoms with E-state index in [1.165, 1.54) is 55.9 Å². The summed E-state index contributed by atoms with van der Waals surface area (Å²) in [6.07, 6.45) is 1.06. The minimum Gasteiger partial charge on any atom is -0.344 e. The highest BCUT2D eigenvalue weighted by Gasteiger charge is 2.25. The van der Waals surface area contributed by atoms with E-state index in [0.29, 0.717) is 0 Å². The minimum absolute atomic E-state index is 1.06. The lowest BCUT2D eigenvalue weighted by molar-refractivity contribution is 1.00. The molecule has 2 aromatic carbocycles. The van der Waals surface area contributed by atoms with E-state index in [4.69, 9.17) is 0 Å². The number of benzene rings is 2. The largest absolute Gasteiger partial charge is 0.344 e. The lowest BCUT2D eigenvalue weighted by atomic mass is 9.84. The Morgan fingerprint density at radius 3 is 2.00 bits per heavy atom. The summed E-state index contributed by atoms with van der Waals surface area (Å²) in [6, 6.07) is 4.71. The topological polar surface area (TPSA) is 3.24 Å². The van der Waals surface area contributed by atoms with Crippen molar-refractivity contribution in [3.05, 3.63) is 56.6 Å². The maximum atomic E-state index is 2.40. The average Bonchev–Trinajstić information content (AvgIpc) is 2.45. The average molecular weight is 279 g/mol. The fourth-order valence-electron chi connectivity index (χ4n) is 3.67. The predicted octanol–water partition coefficient (Wildman–Crippen LogP) is 5.21. The molecule has 0 saturated heterocycles. The van der Waals surface area contributed by atoms with Gasteiger partial charge in [-0.3, -0.25) is 0 Å². The van der Waals surface area contributed by atoms with Gasteiger partial charge in [0.2, 0.25) is 0 Å². The summed E-state index contributed by atoms with van der Waals surface area (Å²) in [7, 11) is 2.22. The summed E-state index contributed by atoms with van der Waals surface area (Å²) < 4.78 is 0. The molecule has 0 atom stereocenters. The van der Waals surface area contributed by atoms with Gasteiger partial charge in [-0.2, -0.15) is 0 Å². The summed E-state index contributed by atoms with van der Waals surface area (Å²) in [5.41, 5.74) is 14.3. The molecule has 0 N–H and O–H groups in total. The standard InChI is InChI=1S/C20H25N/c1-11-8-17-10-18-15(5)13(3)14(4)16(6)20(18)21(7)19(17)9-12(11)2/h8-9H,10H2,1-7H3. The molecule has 0 amide bonds. The molecule has 0 aliphatic carbocycles. The molecule has 1 heteroatoms. The zero-order chi connectivity index (χ0) is 15.5. The zero-order valence-electron chi connectivity index (χ0n) is 14.3. The van der Waals surface area contributed by atoms with Crippen molar-refractivity contribution in [3.63, 3.8) is 0 Å². The summed E-state index contributed by atoms with van der Waals surface area (Å²) in [4.78, 5) is 2.40. The van der Waals surface area contributed by atoms with E-state index in [1.54, 1.807) is 0 Å². The number of hydrogen-bond donors (Lipinski definition) is 0. The van der Waals surface area contributed by atoms with Gasteiger partial charge < -0.3 is 4.90 Å². The molecular weight excluding hydrogens is 254 g/mol. The van der Waals surface area contributed by atoms with Crippen LogP contribution in [-0.2, 0) is 6.42 Å². The van der Waals surface area contributed by atoms with Crippen molar-refractivity contribution >= 4 is 11.4 Å². The van der Waals surface area contributed by atoms with Crippen molar-refractivity contribution in [2.24, 2.45) is 0 Å². The van der Waals surface area contributed by atoms with E-state index in [1.807, 2.05) is 0 Å². The third-order valence-corrected chi connectivity index (χ3v) is 5.54. The third kappa shape index (κ3) is 1.91. The Balaban J connectivity index is 2.31. The first-order valence-corrected chi connectivity index (χ1v) is 7.76. The molecule has 0 aromatic heterocycles. The maximum absolute atomic E-state index is 2.40. The molecule has 21 heavy (non-hydrogen) atoms. The van der Waals surface area contributed by atoms with Crippen LogP contribution in [0.3, 0.4) is 0 Å². The van der Waals surface area contributed by atoms with Crippen molar-refractivity contribution in [2.45, 2.75) is 48.0 Å². The van der Waals surface area contributed by atoms with Crippen LogP contribution < -0.4 is 4.90 Å². The Labute approximate surface area is 128 Å². The number of fused-ring (bicyclic) bond motifs is 2. The molecule has 2 aromatic rings. The molecule has 1 aliphatic heterocycles. The van der Waals surface area contributed by atoms with E-state index in [-0.39, 0.29) is 0 Å². The minimum atomic E-state index is 1.06. The Morgan fingerprint density at radius 1 is 0.762 bits per heavy atom. The fourth-order valence-corrected chi connectivity index (χ4v) is 3.67. The number of nitrogens with zero attached hydrogens (tertiary/aromatic N) is 1. The van der Waals surface area contributed by atoms with E-state index in [9.17, 15) is 0 Å². The van der Waals surface area contributed by atoms with Crippen LogP contribution in [0.15, 0.2) is 12.1 Å². The molecular formula is C20H25N. The second-order valence-electron chi connectivity index (χ2n) is 6.63. The fraction of sp³-hybridized carbons (Fsp3) is 0.400. The van der Waals surface area contributed by atoms with Gasteiger partial charge >= 0.3 is 0 Å². The van der Waals surface area contributed by atoms with Crippen LogP contribution in [0.2, 0.25) is 0 Å². The molecule has 3 rings (SSSR count). The van der Waals surface area contributed by atoms with Gasteiger partial charge in [-0.1, -0.05) is 6.07 Å². The molecule has 1 heterocycles. The van der Waals surface area contributed by atoms with Gasteiger partial charge in [0, 0.05) is 24.8 Å². The first kappa shape index (κ1) is 14.2. The molecule has 1 aliphatic rings. The van der Waals surface area contributed by atoms with Crippen LogP contribution in [-0.4, -0.2) is 7.05 Å². The molecule has 0 bridgehead atoms. The lowest BCUT2D eigenvalue weighted by Crippen LogP contribution is -2.22. The SMILES string of the molecule is Cc1cc2c(cc1C)N(C)c1c(C)c(C)c(C)c(C)c1C2. The van der Waals surface area contributed by atoms with Crippen LogP contribution >= 0.6 is 0 Å². The van der Waals surface area contributed by atoms with Gasteiger partial charge in [0.05, 0.1) is 0 Å². The first-order valence-electron chi connectivity index (χ1n) is 7.76. The van der Waals surface area contributed by atoms with Crippen molar-refractivity contribution in [1.29, 1.82) is 0 Å². The van der Waals surface area contributed by atoms with Gasteiger partial charge in [-0.15, -0.1) is 0 Å². The second-order valence-corrected chi connectivity index (χ2v) is 6.63. The Kier molecular flexibility index (Phi) is 3.12. The van der Waals surface area contributed by atoms with Gasteiger partial charge in [0.15, 0.2) is 0 Å². The van der Waals surface area contributed by atoms with Gasteiger partial charge in [0.25, 0.3) is 0 Å². The molecule has 0 fully saturated rings. The van der Waals surface area contributed by atoms with Crippen LogP contribution in [0.1, 0.15) is 44.5 Å². The normalized spacial score (nSPS) is 13.2. The quantitative estimate of drug-likeness (QED) is 0.640. The second kappa shape index (κ2) is 4.62. The number of rotatable bonds is 0. The monoisotopic (exact) mass is 279 g/mol. The van der Waals surface area contributed by atoms with Crippen LogP contribution in [0.4, 0.5) is 11.4 Å². The highest BCUT2D eigenvalue weighted by molar-refractivity contribution is 5.79. The predicted molar refractivity (Wildman–Crippen MR) is 92.2 cm³/mol. The number of hydrogen-bond acceptors (Lipinski definition) is 1. The maximum Gasteiger partial charge on any atom is 0.0479 e. The molecule has 0 saturated carbocycles. The molecule has 0 spiro atoms.